The number of fused-ring (bicyclic) bond motifs is 2. The maximum atomic E-state index is 14.0. The van der Waals surface area contributed by atoms with Crippen molar-refractivity contribution in [2.24, 2.45) is 10.7 Å². The Kier molecular flexibility index (Phi) is 8.24. The molecule has 41 heavy (non-hydrogen) atoms. The predicted molar refractivity (Wildman–Crippen MR) is 139 cm³/mol. The molecule has 0 amide bonds. The number of hydrogen-bond acceptors (Lipinski definition) is 13. The smallest absolute Gasteiger partial charge is 0.231 e. The average molecular weight is 578 g/mol. The second-order valence-corrected chi connectivity index (χ2v) is 9.56. The second-order valence-electron chi connectivity index (χ2n) is 9.56. The predicted octanol–water partition coefficient (Wildman–Crippen LogP) is -2.49. The number of nitrogens with two attached hydrogens (primary N) is 1. The topological polar surface area (TPSA) is 254 Å². The number of rotatable bonds is 7. The summed E-state index contributed by atoms with van der Waals surface area (Å²) in [6.07, 6.45) is -8.17. The lowest BCUT2D eigenvalue weighted by atomic mass is 9.79. The van der Waals surface area contributed by atoms with Crippen molar-refractivity contribution in [3.05, 3.63) is 51.1 Å². The molecule has 15 heteroatoms. The van der Waals surface area contributed by atoms with Crippen LogP contribution in [0.4, 0.5) is 0 Å². The van der Waals surface area contributed by atoms with Crippen LogP contribution < -0.4 is 20.5 Å². The molecule has 2 aliphatic rings. The van der Waals surface area contributed by atoms with Gasteiger partial charge in [-0.2, -0.15) is 0 Å². The van der Waals surface area contributed by atoms with E-state index in [1.54, 1.807) is 6.92 Å². The molecule has 0 radical (unpaired) electrons. The minimum atomic E-state index is -2.76. The molecule has 5 atom stereocenters. The first-order valence-corrected chi connectivity index (χ1v) is 12.3. The fourth-order valence-electron chi connectivity index (χ4n) is 4.88. The number of phenolic OH excluding ortho intramolecular Hbond substituents is 1. The quantitative estimate of drug-likeness (QED) is 0.104. The van der Waals surface area contributed by atoms with Crippen LogP contribution in [0, 0.1) is 6.92 Å². The summed E-state index contributed by atoms with van der Waals surface area (Å²) < 4.78 is 16.1. The van der Waals surface area contributed by atoms with E-state index in [0.717, 1.165) is 6.07 Å². The molecule has 2 aromatic rings. The Balaban J connectivity index is 1.90. The van der Waals surface area contributed by atoms with Gasteiger partial charge < -0.3 is 61.0 Å². The number of benzene rings is 2. The zero-order chi connectivity index (χ0) is 30.4. The number of aromatic hydroxyl groups is 1. The van der Waals surface area contributed by atoms with Crippen molar-refractivity contribution in [3.8, 4) is 17.2 Å². The fraction of sp³-hybridized carbons (Fsp3) is 0.423. The van der Waals surface area contributed by atoms with Crippen LogP contribution in [0.1, 0.15) is 48.5 Å². The van der Waals surface area contributed by atoms with Crippen LogP contribution in [-0.2, 0) is 17.9 Å². The van der Waals surface area contributed by atoms with E-state index in [1.165, 1.54) is 20.2 Å². The van der Waals surface area contributed by atoms with Crippen LogP contribution in [-0.4, -0.2) is 104 Å². The lowest BCUT2D eigenvalue weighted by Gasteiger charge is -2.44. The van der Waals surface area contributed by atoms with E-state index < -0.39 is 72.2 Å². The number of hydrogen-bond donors (Lipinski definition) is 9. The van der Waals surface area contributed by atoms with Gasteiger partial charge in [-0.3, -0.25) is 14.6 Å². The molecule has 4 rings (SSSR count). The number of phenols is 1. The zero-order valence-electron chi connectivity index (χ0n) is 22.3. The Labute approximate surface area is 233 Å². The number of ketones is 2. The van der Waals surface area contributed by atoms with Gasteiger partial charge in [-0.25, -0.2) is 0 Å². The number of aryl methyl sites for hydroxylation is 1. The first kappa shape index (κ1) is 30.1. The summed E-state index contributed by atoms with van der Waals surface area (Å²) in [5.41, 5.74) is 5.02. The van der Waals surface area contributed by atoms with Crippen molar-refractivity contribution in [2.45, 2.75) is 50.5 Å². The maximum Gasteiger partial charge on any atom is 0.231 e. The van der Waals surface area contributed by atoms with Gasteiger partial charge in [0, 0.05) is 41.9 Å². The largest absolute Gasteiger partial charge is 0.507 e. The van der Waals surface area contributed by atoms with E-state index >= 15 is 0 Å². The van der Waals surface area contributed by atoms with Crippen LogP contribution >= 0.6 is 0 Å². The number of aliphatic imine (C=N–C) groups is 1. The van der Waals surface area contributed by atoms with Gasteiger partial charge in [0.25, 0.3) is 0 Å². The van der Waals surface area contributed by atoms with Gasteiger partial charge in [0.1, 0.15) is 35.6 Å². The number of ether oxygens (including phenoxy) is 3. The molecule has 2 aromatic carbocycles. The number of aliphatic hydroxyl groups is 6. The Morgan fingerprint density at radius 1 is 1.07 bits per heavy atom. The maximum absolute atomic E-state index is 14.0. The minimum absolute atomic E-state index is 0.0433. The molecule has 1 aliphatic carbocycles. The van der Waals surface area contributed by atoms with Crippen molar-refractivity contribution >= 4 is 17.5 Å². The molecule has 0 bridgehead atoms. The van der Waals surface area contributed by atoms with Crippen LogP contribution in [0.15, 0.2) is 17.1 Å². The summed E-state index contributed by atoms with van der Waals surface area (Å²) in [5.74, 6) is -5.42. The molecule has 1 aliphatic heterocycles. The lowest BCUT2D eigenvalue weighted by molar-refractivity contribution is -0.384. The highest BCUT2D eigenvalue weighted by Gasteiger charge is 2.54. The molecule has 1 heterocycles. The minimum Gasteiger partial charge on any atom is -0.507 e. The Morgan fingerprint density at radius 3 is 2.34 bits per heavy atom. The van der Waals surface area contributed by atoms with Gasteiger partial charge in [-0.05, 0) is 18.6 Å². The molecular weight excluding hydrogens is 546 g/mol. The molecule has 5 unspecified atom stereocenters. The van der Waals surface area contributed by atoms with Crippen molar-refractivity contribution in [2.75, 3.05) is 20.8 Å². The first-order chi connectivity index (χ1) is 19.3. The molecular formula is C26H31N3O12. The fourth-order valence-corrected chi connectivity index (χ4v) is 4.88. The standard InChI is InChI=1S/C26H31N3O12/c1-9-4-10-16(19(33)11(9)6-29-25(27)28-2)20(34)17-14(5-13(39-3)12(7-30)15(17)18(10)32)40-24-22(36)21(35)23(37)26(38,8-31)41-24/h4-5,21-24,30-31,33,35-38H,6-8H2,1-3H3,(H3,27,28,29). The molecule has 1 fully saturated rings. The summed E-state index contributed by atoms with van der Waals surface area (Å²) in [6, 6.07) is 2.51. The van der Waals surface area contributed by atoms with Crippen molar-refractivity contribution < 1.29 is 59.5 Å². The lowest BCUT2D eigenvalue weighted by Crippen LogP contribution is -2.67. The van der Waals surface area contributed by atoms with Crippen molar-refractivity contribution in [3.63, 3.8) is 0 Å². The Hall–Kier alpha value is -3.83. The number of nitrogens with zero attached hydrogens (tertiary/aromatic N) is 1. The van der Waals surface area contributed by atoms with E-state index in [2.05, 4.69) is 10.3 Å². The number of carbonyl (C=O) groups excluding carboxylic acids is 2. The third kappa shape index (κ3) is 4.87. The summed E-state index contributed by atoms with van der Waals surface area (Å²) in [5, 5.41) is 74.8. The summed E-state index contributed by atoms with van der Waals surface area (Å²) in [6.45, 7) is -0.371. The zero-order valence-corrected chi connectivity index (χ0v) is 22.3. The molecule has 222 valence electrons. The average Bonchev–Trinajstić information content (AvgIpc) is 2.96. The van der Waals surface area contributed by atoms with Gasteiger partial charge in [0.2, 0.25) is 17.9 Å². The molecule has 0 saturated carbocycles. The number of methoxy groups -OCH3 is 1. The van der Waals surface area contributed by atoms with Crippen LogP contribution in [0.3, 0.4) is 0 Å². The highest BCUT2D eigenvalue weighted by atomic mass is 16.8. The van der Waals surface area contributed by atoms with Crippen molar-refractivity contribution in [1.82, 2.24) is 5.32 Å². The number of carbonyl (C=O) groups is 2. The number of aliphatic hydroxyl groups excluding tert-OH is 5. The first-order valence-electron chi connectivity index (χ1n) is 12.3. The third-order valence-electron chi connectivity index (χ3n) is 7.18. The summed E-state index contributed by atoms with van der Waals surface area (Å²) in [4.78, 5) is 31.6. The third-order valence-corrected chi connectivity index (χ3v) is 7.18. The van der Waals surface area contributed by atoms with Crippen LogP contribution in [0.5, 0.6) is 17.2 Å². The van der Waals surface area contributed by atoms with E-state index in [4.69, 9.17) is 19.9 Å². The highest BCUT2D eigenvalue weighted by Crippen LogP contribution is 2.44. The van der Waals surface area contributed by atoms with E-state index in [1.807, 2.05) is 0 Å². The molecule has 1 saturated heterocycles. The van der Waals surface area contributed by atoms with Gasteiger partial charge in [-0.15, -0.1) is 0 Å². The molecule has 10 N–H and O–H groups in total. The number of guanidine groups is 1. The molecule has 0 spiro atoms. The van der Waals surface area contributed by atoms with E-state index in [9.17, 15) is 45.3 Å². The molecule has 15 nitrogen and oxygen atoms in total. The van der Waals surface area contributed by atoms with Gasteiger partial charge in [-0.1, -0.05) is 0 Å². The normalized spacial score (nSPS) is 25.9. The second kappa shape index (κ2) is 11.2. The molecule has 0 aromatic heterocycles. The van der Waals surface area contributed by atoms with Crippen LogP contribution in [0.2, 0.25) is 0 Å². The van der Waals surface area contributed by atoms with Gasteiger partial charge in [0.15, 0.2) is 11.7 Å². The van der Waals surface area contributed by atoms with Gasteiger partial charge in [0.05, 0.1) is 31.5 Å². The number of nitrogens with one attached hydrogen (secondary N) is 1. The SMILES string of the molecule is CN=C(N)NCc1c(C)cc2c(c1O)C(=O)c1c(OC3OC(O)(CO)C(O)C(O)C3O)cc(OC)c(CO)c1C2=O. The Bertz CT molecular complexity index is 1430. The monoisotopic (exact) mass is 577 g/mol. The van der Waals surface area contributed by atoms with Crippen LogP contribution in [0.25, 0.3) is 0 Å². The van der Waals surface area contributed by atoms with E-state index in [-0.39, 0.29) is 46.1 Å². The summed E-state index contributed by atoms with van der Waals surface area (Å²) >= 11 is 0. The summed E-state index contributed by atoms with van der Waals surface area (Å²) in [7, 11) is 2.68. The Morgan fingerprint density at radius 2 is 1.76 bits per heavy atom. The van der Waals surface area contributed by atoms with E-state index in [0.29, 0.717) is 5.56 Å². The van der Waals surface area contributed by atoms with Gasteiger partial charge >= 0.3 is 0 Å². The highest BCUT2D eigenvalue weighted by molar-refractivity contribution is 6.31. The van der Waals surface area contributed by atoms with Crippen molar-refractivity contribution in [1.29, 1.82) is 0 Å².